The van der Waals surface area contributed by atoms with Crippen LogP contribution >= 0.6 is 0 Å². The van der Waals surface area contributed by atoms with Gasteiger partial charge in [-0.3, -0.25) is 5.32 Å². The number of hydrogen-bond acceptors (Lipinski definition) is 5. The molecule has 6 nitrogen and oxygen atoms in total. The van der Waals surface area contributed by atoms with Crippen LogP contribution in [0, 0.1) is 6.92 Å². The number of rotatable bonds is 5. The number of nitrogens with one attached hydrogen (secondary N) is 2. The van der Waals surface area contributed by atoms with Crippen molar-refractivity contribution in [2.24, 2.45) is 0 Å². The molecule has 0 saturated heterocycles. The molecule has 1 heterocycles. The summed E-state index contributed by atoms with van der Waals surface area (Å²) in [5, 5.41) is 5.90. The van der Waals surface area contributed by atoms with E-state index in [0.29, 0.717) is 18.8 Å². The van der Waals surface area contributed by atoms with Gasteiger partial charge in [-0.2, -0.15) is 0 Å². The predicted molar refractivity (Wildman–Crippen MR) is 81.2 cm³/mol. The minimum absolute atomic E-state index is 0.351. The lowest BCUT2D eigenvalue weighted by Crippen LogP contribution is -2.13. The van der Waals surface area contributed by atoms with Gasteiger partial charge in [-0.25, -0.2) is 14.8 Å². The highest BCUT2D eigenvalue weighted by atomic mass is 16.5. The highest BCUT2D eigenvalue weighted by molar-refractivity contribution is 5.84. The minimum atomic E-state index is -0.449. The van der Waals surface area contributed by atoms with Gasteiger partial charge in [0.1, 0.15) is 5.82 Å². The molecule has 2 rings (SSSR count). The van der Waals surface area contributed by atoms with Crippen molar-refractivity contribution in [3.8, 4) is 0 Å². The Labute approximate surface area is 123 Å². The Hall–Kier alpha value is -2.63. The number of ether oxygens (including phenoxy) is 1. The summed E-state index contributed by atoms with van der Waals surface area (Å²) in [6.45, 7) is 4.60. The van der Waals surface area contributed by atoms with E-state index >= 15 is 0 Å². The van der Waals surface area contributed by atoms with Crippen LogP contribution in [0.2, 0.25) is 0 Å². The van der Waals surface area contributed by atoms with Crippen LogP contribution in [0.1, 0.15) is 18.4 Å². The molecule has 0 aliphatic heterocycles. The zero-order valence-corrected chi connectivity index (χ0v) is 12.1. The number of hydrogen-bond donors (Lipinski definition) is 2. The van der Waals surface area contributed by atoms with Gasteiger partial charge >= 0.3 is 6.09 Å². The first-order valence-electron chi connectivity index (χ1n) is 6.73. The summed E-state index contributed by atoms with van der Waals surface area (Å²) in [6.07, 6.45) is 1.29. The van der Waals surface area contributed by atoms with E-state index in [1.807, 2.05) is 37.3 Å². The molecular weight excluding hydrogens is 268 g/mol. The molecule has 1 amide bonds. The molecule has 2 aromatic rings. The normalized spacial score (nSPS) is 10.0. The number of aromatic nitrogens is 2. The summed E-state index contributed by atoms with van der Waals surface area (Å²) >= 11 is 0. The lowest BCUT2D eigenvalue weighted by molar-refractivity contribution is 0.168. The maximum Gasteiger partial charge on any atom is 0.411 e. The Balaban J connectivity index is 1.89. The fourth-order valence-corrected chi connectivity index (χ4v) is 1.75. The highest BCUT2D eigenvalue weighted by Gasteiger charge is 2.02. The van der Waals surface area contributed by atoms with Gasteiger partial charge in [-0.15, -0.1) is 0 Å². The third-order valence-electron chi connectivity index (χ3n) is 2.71. The summed E-state index contributed by atoms with van der Waals surface area (Å²) in [5.74, 6) is 0.753. The molecule has 0 aliphatic rings. The second kappa shape index (κ2) is 7.23. The first-order valence-corrected chi connectivity index (χ1v) is 6.73. The molecule has 0 aliphatic carbocycles. The van der Waals surface area contributed by atoms with E-state index < -0.39 is 6.09 Å². The van der Waals surface area contributed by atoms with E-state index in [2.05, 4.69) is 20.6 Å². The summed E-state index contributed by atoms with van der Waals surface area (Å²) < 4.78 is 4.81. The molecule has 110 valence electrons. The zero-order chi connectivity index (χ0) is 15.1. The molecule has 2 N–H and O–H groups in total. The monoisotopic (exact) mass is 286 g/mol. The first-order chi connectivity index (χ1) is 10.2. The second-order valence-electron chi connectivity index (χ2n) is 4.37. The quantitative estimate of drug-likeness (QED) is 0.883. The van der Waals surface area contributed by atoms with Crippen LogP contribution in [0.25, 0.3) is 0 Å². The molecule has 1 aromatic heterocycles. The van der Waals surface area contributed by atoms with E-state index in [4.69, 9.17) is 4.74 Å². The Kier molecular flexibility index (Phi) is 5.09. The topological polar surface area (TPSA) is 76.1 Å². The van der Waals surface area contributed by atoms with Gasteiger partial charge in [0.15, 0.2) is 0 Å². The van der Waals surface area contributed by atoms with Crippen LogP contribution in [0.4, 0.5) is 16.2 Å². The van der Waals surface area contributed by atoms with Crippen molar-refractivity contribution in [3.63, 3.8) is 0 Å². The summed E-state index contributed by atoms with van der Waals surface area (Å²) in [7, 11) is 0. The van der Waals surface area contributed by atoms with Crippen molar-refractivity contribution in [2.75, 3.05) is 17.2 Å². The lowest BCUT2D eigenvalue weighted by atomic mass is 10.2. The minimum Gasteiger partial charge on any atom is -0.450 e. The van der Waals surface area contributed by atoms with Gasteiger partial charge in [-0.1, -0.05) is 0 Å². The maximum absolute atomic E-state index is 11.3. The number of nitrogens with zero attached hydrogens (tertiary/aromatic N) is 2. The molecule has 0 fully saturated rings. The maximum atomic E-state index is 11.3. The number of carbonyl (C=O) groups excluding carboxylic acids is 1. The van der Waals surface area contributed by atoms with E-state index in [1.54, 1.807) is 13.1 Å². The molecule has 6 heteroatoms. The Morgan fingerprint density at radius 3 is 2.57 bits per heavy atom. The fourth-order valence-electron chi connectivity index (χ4n) is 1.75. The van der Waals surface area contributed by atoms with E-state index in [9.17, 15) is 4.79 Å². The molecule has 0 radical (unpaired) electrons. The number of benzene rings is 1. The van der Waals surface area contributed by atoms with E-state index in [-0.39, 0.29) is 0 Å². The zero-order valence-electron chi connectivity index (χ0n) is 12.1. The number of anilines is 2. The molecule has 0 atom stereocenters. The summed E-state index contributed by atoms with van der Waals surface area (Å²) in [4.78, 5) is 19.7. The van der Waals surface area contributed by atoms with Gasteiger partial charge in [0.25, 0.3) is 0 Å². The average Bonchev–Trinajstić information content (AvgIpc) is 2.47. The van der Waals surface area contributed by atoms with Crippen molar-refractivity contribution in [1.82, 2.24) is 9.97 Å². The second-order valence-corrected chi connectivity index (χ2v) is 4.37. The van der Waals surface area contributed by atoms with E-state index in [0.717, 1.165) is 17.2 Å². The smallest absolute Gasteiger partial charge is 0.411 e. The number of carbonyl (C=O) groups is 1. The first kappa shape index (κ1) is 14.8. The molecule has 0 bridgehead atoms. The molecule has 0 saturated carbocycles. The van der Waals surface area contributed by atoms with Crippen molar-refractivity contribution in [1.29, 1.82) is 0 Å². The number of aryl methyl sites for hydroxylation is 1. The molecule has 1 aromatic carbocycles. The van der Waals surface area contributed by atoms with Gasteiger partial charge in [0, 0.05) is 17.6 Å². The molecular formula is C15H18N4O2. The third kappa shape index (κ3) is 4.76. The van der Waals surface area contributed by atoms with Gasteiger partial charge in [-0.05, 0) is 44.2 Å². The Morgan fingerprint density at radius 1 is 1.19 bits per heavy atom. The van der Waals surface area contributed by atoms with Crippen LogP contribution in [-0.2, 0) is 11.3 Å². The molecule has 0 spiro atoms. The van der Waals surface area contributed by atoms with Crippen LogP contribution in [0.5, 0.6) is 0 Å². The van der Waals surface area contributed by atoms with Crippen molar-refractivity contribution >= 4 is 17.5 Å². The van der Waals surface area contributed by atoms with Gasteiger partial charge < -0.3 is 10.1 Å². The SMILES string of the molecule is CCOC(=O)Nc1ccc(NCc2ccnc(C)n2)cc1. The summed E-state index contributed by atoms with van der Waals surface area (Å²) in [5.41, 5.74) is 2.56. The Morgan fingerprint density at radius 2 is 1.90 bits per heavy atom. The molecule has 21 heavy (non-hydrogen) atoms. The largest absolute Gasteiger partial charge is 0.450 e. The average molecular weight is 286 g/mol. The van der Waals surface area contributed by atoms with Gasteiger partial charge in [0.05, 0.1) is 18.8 Å². The van der Waals surface area contributed by atoms with Crippen molar-refractivity contribution in [3.05, 3.63) is 48.0 Å². The molecule has 0 unspecified atom stereocenters. The van der Waals surface area contributed by atoms with Crippen LogP contribution in [0.15, 0.2) is 36.5 Å². The fraction of sp³-hybridized carbons (Fsp3) is 0.267. The van der Waals surface area contributed by atoms with Gasteiger partial charge in [0.2, 0.25) is 0 Å². The number of amides is 1. The van der Waals surface area contributed by atoms with Crippen molar-refractivity contribution < 1.29 is 9.53 Å². The predicted octanol–water partition coefficient (Wildman–Crippen LogP) is 2.97. The lowest BCUT2D eigenvalue weighted by Gasteiger charge is -2.08. The Bertz CT molecular complexity index is 599. The highest BCUT2D eigenvalue weighted by Crippen LogP contribution is 2.14. The standard InChI is InChI=1S/C15H18N4O2/c1-3-21-15(20)19-13-6-4-12(5-7-13)17-10-14-8-9-16-11(2)18-14/h4-9,17H,3,10H2,1-2H3,(H,19,20). The van der Waals surface area contributed by atoms with Crippen LogP contribution in [-0.4, -0.2) is 22.7 Å². The van der Waals surface area contributed by atoms with Crippen molar-refractivity contribution in [2.45, 2.75) is 20.4 Å². The van der Waals surface area contributed by atoms with Crippen LogP contribution in [0.3, 0.4) is 0 Å². The van der Waals surface area contributed by atoms with Crippen LogP contribution < -0.4 is 10.6 Å². The van der Waals surface area contributed by atoms with E-state index in [1.165, 1.54) is 0 Å². The third-order valence-corrected chi connectivity index (χ3v) is 2.71. The summed E-state index contributed by atoms with van der Waals surface area (Å²) in [6, 6.07) is 9.26.